The molecule has 0 aliphatic carbocycles. The van der Waals surface area contributed by atoms with Crippen molar-refractivity contribution in [1.82, 2.24) is 0 Å². The second-order valence-corrected chi connectivity index (χ2v) is 3.15. The Morgan fingerprint density at radius 1 is 0.857 bits per heavy atom. The largest absolute Gasteiger partial charge is 0.492 e. The van der Waals surface area contributed by atoms with E-state index in [4.69, 9.17) is 10.0 Å². The van der Waals surface area contributed by atoms with E-state index in [1.165, 1.54) is 0 Å². The molecule has 8 heteroatoms. The smallest absolute Gasteiger partial charge is 0.423 e. The standard InChI is InChI=1S/C6H2BBrF4O2/c8-2-1(7(13)14)3(9)5(11)6(12)4(2)10/h13-14H. The number of benzene rings is 1. The summed E-state index contributed by atoms with van der Waals surface area (Å²) in [6.07, 6.45) is 0. The number of hydrogen-bond acceptors (Lipinski definition) is 2. The third kappa shape index (κ3) is 1.64. The third-order valence-corrected chi connectivity index (χ3v) is 2.28. The van der Waals surface area contributed by atoms with Crippen LogP contribution in [0.15, 0.2) is 4.47 Å². The van der Waals surface area contributed by atoms with E-state index in [1.807, 2.05) is 0 Å². The second kappa shape index (κ2) is 3.88. The van der Waals surface area contributed by atoms with Crippen molar-refractivity contribution in [3.63, 3.8) is 0 Å². The highest BCUT2D eigenvalue weighted by Crippen LogP contribution is 2.21. The zero-order valence-electron chi connectivity index (χ0n) is 6.36. The molecule has 0 unspecified atom stereocenters. The number of hydrogen-bond donors (Lipinski definition) is 2. The highest BCUT2D eigenvalue weighted by Gasteiger charge is 2.29. The quantitative estimate of drug-likeness (QED) is 0.342. The van der Waals surface area contributed by atoms with E-state index in [2.05, 4.69) is 15.9 Å². The van der Waals surface area contributed by atoms with Gasteiger partial charge in [-0.25, -0.2) is 17.6 Å². The summed E-state index contributed by atoms with van der Waals surface area (Å²) >= 11 is 2.37. The molecule has 76 valence electrons. The summed E-state index contributed by atoms with van der Waals surface area (Å²) in [6, 6.07) is 0. The minimum absolute atomic E-state index is 0.857. The van der Waals surface area contributed by atoms with Crippen LogP contribution in [0.3, 0.4) is 0 Å². The zero-order chi connectivity index (χ0) is 11.0. The molecule has 1 aromatic carbocycles. The molecule has 1 rings (SSSR count). The third-order valence-electron chi connectivity index (χ3n) is 1.50. The summed E-state index contributed by atoms with van der Waals surface area (Å²) in [5.41, 5.74) is -1.08. The van der Waals surface area contributed by atoms with Gasteiger partial charge in [-0.1, -0.05) is 0 Å². The second-order valence-electron chi connectivity index (χ2n) is 2.36. The van der Waals surface area contributed by atoms with Crippen LogP contribution in [-0.2, 0) is 0 Å². The van der Waals surface area contributed by atoms with E-state index >= 15 is 0 Å². The van der Waals surface area contributed by atoms with Crippen molar-refractivity contribution in [3.05, 3.63) is 27.7 Å². The first-order valence-corrected chi connectivity index (χ1v) is 4.04. The van der Waals surface area contributed by atoms with Gasteiger partial charge in [-0.05, 0) is 15.9 Å². The summed E-state index contributed by atoms with van der Waals surface area (Å²) in [7, 11) is -2.44. The molecule has 0 amide bonds. The molecular weight excluding hydrogens is 271 g/mol. The van der Waals surface area contributed by atoms with Crippen LogP contribution >= 0.6 is 15.9 Å². The average molecular weight is 273 g/mol. The normalized spacial score (nSPS) is 10.5. The van der Waals surface area contributed by atoms with Crippen LogP contribution < -0.4 is 5.46 Å². The molecular formula is C6H2BBrF4O2. The Bertz CT molecular complexity index is 356. The van der Waals surface area contributed by atoms with Gasteiger partial charge in [0.15, 0.2) is 23.3 Å². The van der Waals surface area contributed by atoms with Gasteiger partial charge in [0.05, 0.1) is 4.47 Å². The van der Waals surface area contributed by atoms with Crippen molar-refractivity contribution < 1.29 is 27.6 Å². The molecule has 0 radical (unpaired) electrons. The van der Waals surface area contributed by atoms with E-state index in [-0.39, 0.29) is 0 Å². The van der Waals surface area contributed by atoms with Gasteiger partial charge in [-0.3, -0.25) is 0 Å². The molecule has 0 aromatic heterocycles. The molecule has 1 aromatic rings. The minimum Gasteiger partial charge on any atom is -0.423 e. The van der Waals surface area contributed by atoms with Gasteiger partial charge in [-0.15, -0.1) is 0 Å². The fourth-order valence-corrected chi connectivity index (χ4v) is 1.40. The Labute approximate surface area is 84.4 Å². The van der Waals surface area contributed by atoms with Crippen molar-refractivity contribution in [1.29, 1.82) is 0 Å². The van der Waals surface area contributed by atoms with Crippen molar-refractivity contribution in [2.75, 3.05) is 0 Å². The van der Waals surface area contributed by atoms with Crippen LogP contribution in [0.1, 0.15) is 0 Å². The van der Waals surface area contributed by atoms with Gasteiger partial charge in [0.2, 0.25) is 0 Å². The minimum atomic E-state index is -2.44. The van der Waals surface area contributed by atoms with Gasteiger partial charge in [0, 0.05) is 5.46 Å². The average Bonchev–Trinajstić information content (AvgIpc) is 2.11. The number of rotatable bonds is 1. The van der Waals surface area contributed by atoms with Gasteiger partial charge < -0.3 is 10.0 Å². The molecule has 0 saturated carbocycles. The summed E-state index contributed by atoms with van der Waals surface area (Å²) in [5, 5.41) is 17.1. The first kappa shape index (κ1) is 11.5. The van der Waals surface area contributed by atoms with Gasteiger partial charge in [0.1, 0.15) is 0 Å². The topological polar surface area (TPSA) is 40.5 Å². The van der Waals surface area contributed by atoms with E-state index in [1.54, 1.807) is 0 Å². The Balaban J connectivity index is 3.60. The molecule has 2 N–H and O–H groups in total. The first-order valence-electron chi connectivity index (χ1n) is 3.25. The summed E-state index contributed by atoms with van der Waals surface area (Å²) in [4.78, 5) is 0. The highest BCUT2D eigenvalue weighted by molar-refractivity contribution is 9.10. The van der Waals surface area contributed by atoms with Crippen LogP contribution in [0.2, 0.25) is 0 Å². The van der Waals surface area contributed by atoms with E-state index in [0.29, 0.717) is 0 Å². The predicted molar refractivity (Wildman–Crippen MR) is 43.8 cm³/mol. The van der Waals surface area contributed by atoms with Crippen molar-refractivity contribution in [3.8, 4) is 0 Å². The van der Waals surface area contributed by atoms with Gasteiger partial charge in [0.25, 0.3) is 0 Å². The highest BCUT2D eigenvalue weighted by atomic mass is 79.9. The van der Waals surface area contributed by atoms with Crippen LogP contribution in [0.4, 0.5) is 17.6 Å². The van der Waals surface area contributed by atoms with Gasteiger partial charge >= 0.3 is 7.12 Å². The first-order chi connectivity index (χ1) is 6.37. The molecule has 0 atom stereocenters. The Hall–Kier alpha value is -0.595. The summed E-state index contributed by atoms with van der Waals surface area (Å²) < 4.78 is 49.8. The molecule has 0 aliphatic rings. The van der Waals surface area contributed by atoms with Crippen molar-refractivity contribution >= 4 is 28.5 Å². The lowest BCUT2D eigenvalue weighted by atomic mass is 9.79. The molecule has 0 spiro atoms. The van der Waals surface area contributed by atoms with E-state index in [9.17, 15) is 17.6 Å². The van der Waals surface area contributed by atoms with E-state index < -0.39 is 40.3 Å². The van der Waals surface area contributed by atoms with Gasteiger partial charge in [-0.2, -0.15) is 0 Å². The molecule has 2 nitrogen and oxygen atoms in total. The van der Waals surface area contributed by atoms with E-state index in [0.717, 1.165) is 0 Å². The molecule has 0 bridgehead atoms. The summed E-state index contributed by atoms with van der Waals surface area (Å²) in [5.74, 6) is -7.66. The zero-order valence-corrected chi connectivity index (χ0v) is 7.95. The van der Waals surface area contributed by atoms with Crippen molar-refractivity contribution in [2.45, 2.75) is 0 Å². The molecule has 0 saturated heterocycles. The lowest BCUT2D eigenvalue weighted by Gasteiger charge is -2.07. The lowest BCUT2D eigenvalue weighted by molar-refractivity contribution is 0.396. The van der Waals surface area contributed by atoms with Crippen molar-refractivity contribution in [2.24, 2.45) is 0 Å². The maximum absolute atomic E-state index is 12.8. The maximum Gasteiger partial charge on any atom is 0.492 e. The Morgan fingerprint density at radius 2 is 1.29 bits per heavy atom. The molecule has 0 fully saturated rings. The molecule has 0 aliphatic heterocycles. The van der Waals surface area contributed by atoms with Crippen LogP contribution in [0.25, 0.3) is 0 Å². The summed E-state index contributed by atoms with van der Waals surface area (Å²) in [6.45, 7) is 0. The van der Waals surface area contributed by atoms with Crippen LogP contribution in [-0.4, -0.2) is 17.2 Å². The monoisotopic (exact) mass is 272 g/mol. The molecule has 14 heavy (non-hydrogen) atoms. The van der Waals surface area contributed by atoms with Crippen LogP contribution in [0, 0.1) is 23.3 Å². The number of halogens is 5. The van der Waals surface area contributed by atoms with Crippen LogP contribution in [0.5, 0.6) is 0 Å². The maximum atomic E-state index is 12.8. The molecule has 0 heterocycles. The Morgan fingerprint density at radius 3 is 1.71 bits per heavy atom. The fourth-order valence-electron chi connectivity index (χ4n) is 0.849. The Kier molecular flexibility index (Phi) is 3.18. The predicted octanol–water partition coefficient (Wildman–Crippen LogP) is 0.685. The SMILES string of the molecule is OB(O)c1c(F)c(F)c(F)c(F)c1Br. The lowest BCUT2D eigenvalue weighted by Crippen LogP contribution is -2.36. The fraction of sp³-hybridized carbons (Fsp3) is 0.